The Morgan fingerprint density at radius 1 is 0.919 bits per heavy atom. The van der Waals surface area contributed by atoms with Gasteiger partial charge in [0.1, 0.15) is 5.70 Å². The third-order valence-corrected chi connectivity index (χ3v) is 6.06. The lowest BCUT2D eigenvalue weighted by Crippen LogP contribution is -2.32. The number of aryl methyl sites for hydroxylation is 1. The van der Waals surface area contributed by atoms with Gasteiger partial charge in [-0.25, -0.2) is 5.43 Å². The molecule has 0 saturated carbocycles. The molecule has 3 aromatic carbocycles. The minimum absolute atomic E-state index is 0.0212. The van der Waals surface area contributed by atoms with E-state index in [9.17, 15) is 9.59 Å². The Kier molecular flexibility index (Phi) is 7.68. The summed E-state index contributed by atoms with van der Waals surface area (Å²) in [4.78, 5) is 26.0. The SMILES string of the molecule is COc1ccc(/C=C(/NC(=O)c2ccccc2)C(=O)N/N=C\c2c(C)n(C)c3ccccc23)cc1OC. The standard InChI is InChI=1S/C29H28N4O4/c1-19-23(22-12-8-9-13-25(22)33(19)2)18-30-32-29(35)24(31-28(34)21-10-6-5-7-11-21)16-20-14-15-26(36-3)27(17-20)37-4/h5-18H,1-4H3,(H,31,34)(H,32,35)/b24-16+,30-18-. The van der Waals surface area contributed by atoms with Crippen LogP contribution in [0.2, 0.25) is 0 Å². The number of amides is 2. The highest BCUT2D eigenvalue weighted by Crippen LogP contribution is 2.28. The Labute approximate surface area is 215 Å². The number of nitrogens with one attached hydrogen (secondary N) is 2. The molecule has 4 aromatic rings. The Morgan fingerprint density at radius 3 is 2.35 bits per heavy atom. The smallest absolute Gasteiger partial charge is 0.287 e. The van der Waals surface area contributed by atoms with E-state index in [4.69, 9.17) is 9.47 Å². The van der Waals surface area contributed by atoms with Crippen LogP contribution in [0.5, 0.6) is 11.5 Å². The number of methoxy groups -OCH3 is 2. The van der Waals surface area contributed by atoms with Crippen LogP contribution in [0.4, 0.5) is 0 Å². The fourth-order valence-corrected chi connectivity index (χ4v) is 3.98. The van der Waals surface area contributed by atoms with Crippen LogP contribution in [0.15, 0.2) is 83.6 Å². The van der Waals surface area contributed by atoms with Crippen LogP contribution in [0, 0.1) is 6.92 Å². The Balaban J connectivity index is 1.63. The molecule has 8 heteroatoms. The minimum atomic E-state index is -0.576. The van der Waals surface area contributed by atoms with E-state index in [2.05, 4.69) is 20.4 Å². The summed E-state index contributed by atoms with van der Waals surface area (Å²) >= 11 is 0. The lowest BCUT2D eigenvalue weighted by molar-refractivity contribution is -0.117. The molecule has 0 fully saturated rings. The first-order chi connectivity index (χ1) is 17.9. The van der Waals surface area contributed by atoms with E-state index in [1.54, 1.807) is 61.9 Å². The first-order valence-corrected chi connectivity index (χ1v) is 11.6. The summed E-state index contributed by atoms with van der Waals surface area (Å²) in [7, 11) is 5.05. The summed E-state index contributed by atoms with van der Waals surface area (Å²) in [6, 6.07) is 21.8. The van der Waals surface area contributed by atoms with Crippen molar-refractivity contribution in [2.24, 2.45) is 12.1 Å². The predicted octanol–water partition coefficient (Wildman–Crippen LogP) is 4.43. The van der Waals surface area contributed by atoms with Gasteiger partial charge in [0.25, 0.3) is 11.8 Å². The second-order valence-electron chi connectivity index (χ2n) is 8.27. The maximum Gasteiger partial charge on any atom is 0.287 e. The third-order valence-electron chi connectivity index (χ3n) is 6.06. The first kappa shape index (κ1) is 25.2. The number of hydrogen-bond donors (Lipinski definition) is 2. The molecular formula is C29H28N4O4. The molecule has 0 spiro atoms. The van der Waals surface area contributed by atoms with E-state index in [1.807, 2.05) is 44.3 Å². The van der Waals surface area contributed by atoms with Gasteiger partial charge in [-0.05, 0) is 48.9 Å². The molecule has 0 unspecified atom stereocenters. The van der Waals surface area contributed by atoms with Crippen molar-refractivity contribution in [1.82, 2.24) is 15.3 Å². The Bertz CT molecular complexity index is 1500. The van der Waals surface area contributed by atoms with Gasteiger partial charge in [0, 0.05) is 34.8 Å². The van der Waals surface area contributed by atoms with Crippen LogP contribution in [0.3, 0.4) is 0 Å². The predicted molar refractivity (Wildman–Crippen MR) is 145 cm³/mol. The van der Waals surface area contributed by atoms with E-state index < -0.39 is 11.8 Å². The molecule has 0 aliphatic rings. The number of ether oxygens (including phenoxy) is 2. The zero-order valence-electron chi connectivity index (χ0n) is 21.1. The molecular weight excluding hydrogens is 468 g/mol. The lowest BCUT2D eigenvalue weighted by Gasteiger charge is -2.11. The topological polar surface area (TPSA) is 94.0 Å². The molecule has 188 valence electrons. The molecule has 37 heavy (non-hydrogen) atoms. The molecule has 0 aliphatic carbocycles. The second kappa shape index (κ2) is 11.3. The molecule has 2 N–H and O–H groups in total. The van der Waals surface area contributed by atoms with Gasteiger partial charge in [-0.1, -0.05) is 42.5 Å². The van der Waals surface area contributed by atoms with Gasteiger partial charge in [0.05, 0.1) is 20.4 Å². The number of benzene rings is 3. The van der Waals surface area contributed by atoms with Crippen molar-refractivity contribution in [3.05, 3.63) is 101 Å². The van der Waals surface area contributed by atoms with E-state index in [-0.39, 0.29) is 5.70 Å². The lowest BCUT2D eigenvalue weighted by atomic mass is 10.1. The molecule has 1 heterocycles. The number of para-hydroxylation sites is 1. The Morgan fingerprint density at radius 2 is 1.62 bits per heavy atom. The zero-order valence-corrected chi connectivity index (χ0v) is 21.1. The summed E-state index contributed by atoms with van der Waals surface area (Å²) in [5.74, 6) is 0.0495. The average Bonchev–Trinajstić information content (AvgIpc) is 3.17. The summed E-state index contributed by atoms with van der Waals surface area (Å²) in [6.07, 6.45) is 3.17. The van der Waals surface area contributed by atoms with Crippen molar-refractivity contribution in [2.75, 3.05) is 14.2 Å². The van der Waals surface area contributed by atoms with Crippen LogP contribution < -0.4 is 20.2 Å². The van der Waals surface area contributed by atoms with E-state index >= 15 is 0 Å². The summed E-state index contributed by atoms with van der Waals surface area (Å²) < 4.78 is 12.7. The number of carbonyl (C=O) groups excluding carboxylic acids is 2. The number of rotatable bonds is 8. The highest BCUT2D eigenvalue weighted by Gasteiger charge is 2.16. The second-order valence-corrected chi connectivity index (χ2v) is 8.27. The van der Waals surface area contributed by atoms with Crippen molar-refractivity contribution < 1.29 is 19.1 Å². The van der Waals surface area contributed by atoms with Crippen molar-refractivity contribution in [3.8, 4) is 11.5 Å². The fourth-order valence-electron chi connectivity index (χ4n) is 3.98. The van der Waals surface area contributed by atoms with Crippen LogP contribution in [-0.4, -0.2) is 36.8 Å². The van der Waals surface area contributed by atoms with Gasteiger partial charge in [0.2, 0.25) is 0 Å². The van der Waals surface area contributed by atoms with Crippen molar-refractivity contribution in [1.29, 1.82) is 0 Å². The average molecular weight is 497 g/mol. The number of nitrogens with zero attached hydrogens (tertiary/aromatic N) is 2. The number of aromatic nitrogens is 1. The number of carbonyl (C=O) groups is 2. The minimum Gasteiger partial charge on any atom is -0.493 e. The van der Waals surface area contributed by atoms with Gasteiger partial charge in [-0.15, -0.1) is 0 Å². The molecule has 1 aromatic heterocycles. The summed E-state index contributed by atoms with van der Waals surface area (Å²) in [5.41, 5.74) is 6.59. The van der Waals surface area contributed by atoms with Crippen molar-refractivity contribution in [2.45, 2.75) is 6.92 Å². The van der Waals surface area contributed by atoms with Gasteiger partial charge in [-0.2, -0.15) is 5.10 Å². The summed E-state index contributed by atoms with van der Waals surface area (Å²) in [6.45, 7) is 1.99. The maximum absolute atomic E-state index is 13.2. The normalized spacial score (nSPS) is 11.5. The summed E-state index contributed by atoms with van der Waals surface area (Å²) in [5, 5.41) is 7.92. The molecule has 0 bridgehead atoms. The molecule has 0 aliphatic heterocycles. The van der Waals surface area contributed by atoms with Gasteiger partial charge in [0.15, 0.2) is 11.5 Å². The number of fused-ring (bicyclic) bond motifs is 1. The highest BCUT2D eigenvalue weighted by atomic mass is 16.5. The third kappa shape index (κ3) is 5.54. The van der Waals surface area contributed by atoms with Gasteiger partial charge < -0.3 is 19.4 Å². The van der Waals surface area contributed by atoms with Crippen LogP contribution in [-0.2, 0) is 11.8 Å². The van der Waals surface area contributed by atoms with Crippen molar-refractivity contribution in [3.63, 3.8) is 0 Å². The van der Waals surface area contributed by atoms with Gasteiger partial charge in [-0.3, -0.25) is 9.59 Å². The molecule has 0 saturated heterocycles. The van der Waals surface area contributed by atoms with E-state index in [0.717, 1.165) is 22.2 Å². The van der Waals surface area contributed by atoms with Crippen molar-refractivity contribution >= 4 is 35.0 Å². The number of hydrogen-bond acceptors (Lipinski definition) is 5. The molecule has 8 nitrogen and oxygen atoms in total. The molecule has 4 rings (SSSR count). The van der Waals surface area contributed by atoms with E-state index in [1.165, 1.54) is 7.11 Å². The quantitative estimate of drug-likeness (QED) is 0.214. The van der Waals surface area contributed by atoms with E-state index in [0.29, 0.717) is 22.6 Å². The fraction of sp³-hybridized carbons (Fsp3) is 0.138. The van der Waals surface area contributed by atoms with Crippen LogP contribution in [0.25, 0.3) is 17.0 Å². The highest BCUT2D eigenvalue weighted by molar-refractivity contribution is 6.06. The Hall–Kier alpha value is -4.85. The molecule has 0 atom stereocenters. The first-order valence-electron chi connectivity index (χ1n) is 11.6. The monoisotopic (exact) mass is 496 g/mol. The number of hydrazone groups is 1. The van der Waals surface area contributed by atoms with Gasteiger partial charge >= 0.3 is 0 Å². The maximum atomic E-state index is 13.2. The largest absolute Gasteiger partial charge is 0.493 e. The molecule has 0 radical (unpaired) electrons. The van der Waals surface area contributed by atoms with Crippen LogP contribution in [0.1, 0.15) is 27.2 Å². The van der Waals surface area contributed by atoms with Crippen LogP contribution >= 0.6 is 0 Å². The zero-order chi connectivity index (χ0) is 26.4. The molecule has 2 amide bonds.